The van der Waals surface area contributed by atoms with Crippen molar-refractivity contribution in [1.82, 2.24) is 14.5 Å². The van der Waals surface area contributed by atoms with Gasteiger partial charge in [0.1, 0.15) is 17.5 Å². The zero-order valence-corrected chi connectivity index (χ0v) is 23.3. The summed E-state index contributed by atoms with van der Waals surface area (Å²) in [5, 5.41) is 4.79. The molecule has 0 saturated heterocycles. The lowest BCUT2D eigenvalue weighted by Crippen LogP contribution is -2.54. The van der Waals surface area contributed by atoms with Crippen molar-refractivity contribution in [2.75, 3.05) is 4.90 Å². The summed E-state index contributed by atoms with van der Waals surface area (Å²) < 4.78 is 8.53. The molecule has 7 aromatic rings. The third-order valence-electron chi connectivity index (χ3n) is 10.3. The molecule has 200 valence electrons. The van der Waals surface area contributed by atoms with Gasteiger partial charge in [0.2, 0.25) is 0 Å². The fourth-order valence-corrected chi connectivity index (χ4v) is 8.06. The maximum Gasteiger partial charge on any atom is 0.135 e. The molecule has 5 nitrogen and oxygen atoms in total. The minimum Gasteiger partial charge on any atom is -0.456 e. The van der Waals surface area contributed by atoms with E-state index in [0.717, 1.165) is 46.2 Å². The molecule has 4 aromatic carbocycles. The summed E-state index contributed by atoms with van der Waals surface area (Å²) in [4.78, 5) is 11.9. The maximum absolute atomic E-state index is 6.14. The summed E-state index contributed by atoms with van der Waals surface area (Å²) in [7, 11) is 0. The largest absolute Gasteiger partial charge is 0.456 e. The highest BCUT2D eigenvalue weighted by Gasteiger charge is 2.58. The predicted molar refractivity (Wildman–Crippen MR) is 166 cm³/mol. The minimum absolute atomic E-state index is 0.00470. The number of benzene rings is 4. The van der Waals surface area contributed by atoms with E-state index < -0.39 is 0 Å². The standard InChI is InChI=1S/C36H30N4O/c1-35-17-7-8-18-36(35,2)40(31-21-37-22-38-34(31)35)24-13-15-30-27(20-24)25-9-3-5-11-29(25)39(30)23-14-16-33-28(19-23)26-10-4-6-12-32(26)41-33/h3-6,9-16,19-22H,7-8,17-18H2,1-2H3. The molecule has 2 aliphatic rings. The van der Waals surface area contributed by atoms with Crippen LogP contribution in [0.1, 0.15) is 45.2 Å². The van der Waals surface area contributed by atoms with Gasteiger partial charge < -0.3 is 13.9 Å². The van der Waals surface area contributed by atoms with Gasteiger partial charge >= 0.3 is 0 Å². The Kier molecular flexibility index (Phi) is 4.49. The van der Waals surface area contributed by atoms with Crippen LogP contribution in [0.2, 0.25) is 0 Å². The molecule has 1 aliphatic carbocycles. The van der Waals surface area contributed by atoms with Crippen LogP contribution in [0.15, 0.2) is 102 Å². The zero-order valence-electron chi connectivity index (χ0n) is 23.3. The number of aromatic nitrogens is 3. The van der Waals surface area contributed by atoms with Crippen LogP contribution >= 0.6 is 0 Å². The SMILES string of the molecule is CC12CCCCC1(C)N(c1ccc3c(c1)c1ccccc1n3-c1ccc3oc4ccccc4c3c1)c1cncnc12. The number of hydrogen-bond acceptors (Lipinski definition) is 4. The average molecular weight is 535 g/mol. The second kappa shape index (κ2) is 7.97. The Bertz CT molecular complexity index is 2170. The fourth-order valence-electron chi connectivity index (χ4n) is 8.06. The summed E-state index contributed by atoms with van der Waals surface area (Å²) >= 11 is 0. The van der Waals surface area contributed by atoms with Crippen LogP contribution < -0.4 is 4.90 Å². The molecule has 1 fully saturated rings. The fraction of sp³-hybridized carbons (Fsp3) is 0.222. The number of rotatable bonds is 2. The second-order valence-corrected chi connectivity index (χ2v) is 12.2. The van der Waals surface area contributed by atoms with E-state index in [4.69, 9.17) is 9.40 Å². The smallest absolute Gasteiger partial charge is 0.135 e. The normalized spacial score (nSPS) is 22.1. The van der Waals surface area contributed by atoms with Crippen molar-refractivity contribution >= 4 is 55.1 Å². The number of hydrogen-bond donors (Lipinski definition) is 0. The van der Waals surface area contributed by atoms with Crippen molar-refractivity contribution in [1.29, 1.82) is 0 Å². The van der Waals surface area contributed by atoms with Gasteiger partial charge in [0.25, 0.3) is 0 Å². The molecule has 2 atom stereocenters. The molecule has 9 rings (SSSR count). The first-order valence-electron chi connectivity index (χ1n) is 14.6. The monoisotopic (exact) mass is 534 g/mol. The molecule has 5 heteroatoms. The zero-order chi connectivity index (χ0) is 27.3. The van der Waals surface area contributed by atoms with Gasteiger partial charge in [-0.15, -0.1) is 0 Å². The Hall–Kier alpha value is -4.64. The first-order chi connectivity index (χ1) is 20.1. The minimum atomic E-state index is -0.0525. The van der Waals surface area contributed by atoms with E-state index >= 15 is 0 Å². The third kappa shape index (κ3) is 2.91. The average Bonchev–Trinajstić information content (AvgIpc) is 3.60. The highest BCUT2D eigenvalue weighted by molar-refractivity contribution is 6.11. The highest BCUT2D eigenvalue weighted by atomic mass is 16.3. The molecule has 3 aromatic heterocycles. The van der Waals surface area contributed by atoms with Crippen LogP contribution in [0, 0.1) is 0 Å². The number of fused-ring (bicyclic) bond motifs is 9. The van der Waals surface area contributed by atoms with E-state index in [9.17, 15) is 0 Å². The van der Waals surface area contributed by atoms with Gasteiger partial charge in [-0.3, -0.25) is 0 Å². The van der Waals surface area contributed by atoms with Crippen LogP contribution in [-0.2, 0) is 5.41 Å². The molecule has 1 saturated carbocycles. The van der Waals surface area contributed by atoms with E-state index in [1.54, 1.807) is 6.33 Å². The van der Waals surface area contributed by atoms with Gasteiger partial charge in [-0.25, -0.2) is 9.97 Å². The van der Waals surface area contributed by atoms with Crippen molar-refractivity contribution in [2.24, 2.45) is 0 Å². The molecule has 4 heterocycles. The molecular formula is C36H30N4O. The molecule has 2 unspecified atom stereocenters. The number of nitrogens with zero attached hydrogens (tertiary/aromatic N) is 4. The summed E-state index contributed by atoms with van der Waals surface area (Å²) in [5.41, 5.74) is 8.86. The van der Waals surface area contributed by atoms with Gasteiger partial charge in [-0.2, -0.15) is 0 Å². The van der Waals surface area contributed by atoms with Crippen LogP contribution in [0.3, 0.4) is 0 Å². The summed E-state index contributed by atoms with van der Waals surface area (Å²) in [6.45, 7) is 4.85. The summed E-state index contributed by atoms with van der Waals surface area (Å²) in [6, 6.07) is 30.6. The van der Waals surface area contributed by atoms with Crippen LogP contribution in [-0.4, -0.2) is 20.1 Å². The molecule has 41 heavy (non-hydrogen) atoms. The molecule has 0 amide bonds. The third-order valence-corrected chi connectivity index (χ3v) is 10.3. The van der Waals surface area contributed by atoms with Crippen LogP contribution in [0.25, 0.3) is 49.4 Å². The lowest BCUT2D eigenvalue weighted by Gasteiger charge is -2.49. The number of anilines is 2. The quantitative estimate of drug-likeness (QED) is 0.222. The van der Waals surface area contributed by atoms with Crippen molar-refractivity contribution < 1.29 is 4.42 Å². The molecular weight excluding hydrogens is 504 g/mol. The van der Waals surface area contributed by atoms with Crippen LogP contribution in [0.5, 0.6) is 0 Å². The van der Waals surface area contributed by atoms with Crippen LogP contribution in [0.4, 0.5) is 11.4 Å². The summed E-state index contributed by atoms with van der Waals surface area (Å²) in [6.07, 6.45) is 8.51. The Labute approximate surface area is 238 Å². The number of para-hydroxylation sites is 2. The van der Waals surface area contributed by atoms with E-state index in [1.807, 2.05) is 18.3 Å². The van der Waals surface area contributed by atoms with Gasteiger partial charge in [-0.05, 0) is 68.3 Å². The Morgan fingerprint density at radius 2 is 1.44 bits per heavy atom. The van der Waals surface area contributed by atoms with Gasteiger partial charge in [-0.1, -0.05) is 56.2 Å². The van der Waals surface area contributed by atoms with E-state index in [2.05, 4.69) is 101 Å². The van der Waals surface area contributed by atoms with E-state index in [0.29, 0.717) is 0 Å². The Morgan fingerprint density at radius 1 is 0.707 bits per heavy atom. The molecule has 0 N–H and O–H groups in total. The Morgan fingerprint density at radius 3 is 2.37 bits per heavy atom. The van der Waals surface area contributed by atoms with Gasteiger partial charge in [0.05, 0.1) is 34.2 Å². The first kappa shape index (κ1) is 23.1. The van der Waals surface area contributed by atoms with E-state index in [-0.39, 0.29) is 11.0 Å². The van der Waals surface area contributed by atoms with Crippen molar-refractivity contribution in [3.05, 3.63) is 103 Å². The lowest BCUT2D eigenvalue weighted by atomic mass is 9.63. The molecule has 0 radical (unpaired) electrons. The van der Waals surface area contributed by atoms with Crippen molar-refractivity contribution in [3.8, 4) is 5.69 Å². The molecule has 0 spiro atoms. The van der Waals surface area contributed by atoms with Crippen molar-refractivity contribution in [3.63, 3.8) is 0 Å². The van der Waals surface area contributed by atoms with E-state index in [1.165, 1.54) is 46.0 Å². The number of furan rings is 1. The molecule has 0 bridgehead atoms. The highest BCUT2D eigenvalue weighted by Crippen LogP contribution is 2.60. The second-order valence-electron chi connectivity index (χ2n) is 12.2. The van der Waals surface area contributed by atoms with Crippen molar-refractivity contribution in [2.45, 2.75) is 50.5 Å². The van der Waals surface area contributed by atoms with Gasteiger partial charge in [0, 0.05) is 38.3 Å². The summed E-state index contributed by atoms with van der Waals surface area (Å²) in [5.74, 6) is 0. The predicted octanol–water partition coefficient (Wildman–Crippen LogP) is 9.22. The topological polar surface area (TPSA) is 47.1 Å². The lowest BCUT2D eigenvalue weighted by molar-refractivity contribution is 0.191. The maximum atomic E-state index is 6.14. The first-order valence-corrected chi connectivity index (χ1v) is 14.6. The Balaban J connectivity index is 1.28. The molecule has 1 aliphatic heterocycles. The van der Waals surface area contributed by atoms with Gasteiger partial charge in [0.15, 0.2) is 0 Å².